The van der Waals surface area contributed by atoms with Crippen LogP contribution in [0.1, 0.15) is 38.7 Å². The topological polar surface area (TPSA) is 36.4 Å². The fraction of sp³-hybridized carbons (Fsp3) is 0.706. The lowest BCUT2D eigenvalue weighted by molar-refractivity contribution is 0.0214. The maximum atomic E-state index is 10.2. The molecule has 20 heavy (non-hydrogen) atoms. The minimum Gasteiger partial charge on any atom is -0.393 e. The molecule has 3 unspecified atom stereocenters. The standard InChI is InChI=1S/C17H28N2O/c1-13(2)15-4-5-17(20)16(10-15)12-19(3)11-14-6-8-18-9-7-14/h6-9,13,15-17,20H,4-5,10-12H2,1-3H3. The van der Waals surface area contributed by atoms with Crippen molar-refractivity contribution >= 4 is 0 Å². The average molecular weight is 276 g/mol. The molecule has 112 valence electrons. The van der Waals surface area contributed by atoms with Crippen molar-refractivity contribution in [2.75, 3.05) is 13.6 Å². The van der Waals surface area contributed by atoms with Gasteiger partial charge < -0.3 is 10.0 Å². The van der Waals surface area contributed by atoms with Crippen molar-refractivity contribution in [2.24, 2.45) is 17.8 Å². The molecular formula is C17H28N2O. The molecule has 0 aromatic carbocycles. The van der Waals surface area contributed by atoms with E-state index >= 15 is 0 Å². The van der Waals surface area contributed by atoms with E-state index < -0.39 is 0 Å². The van der Waals surface area contributed by atoms with E-state index in [9.17, 15) is 5.11 Å². The third-order valence-corrected chi connectivity index (χ3v) is 4.67. The Morgan fingerprint density at radius 1 is 1.30 bits per heavy atom. The fourth-order valence-corrected chi connectivity index (χ4v) is 3.35. The minimum absolute atomic E-state index is 0.120. The smallest absolute Gasteiger partial charge is 0.0580 e. The summed E-state index contributed by atoms with van der Waals surface area (Å²) in [5.74, 6) is 1.93. The largest absolute Gasteiger partial charge is 0.393 e. The highest BCUT2D eigenvalue weighted by Gasteiger charge is 2.31. The van der Waals surface area contributed by atoms with Gasteiger partial charge in [0, 0.05) is 25.5 Å². The highest BCUT2D eigenvalue weighted by molar-refractivity contribution is 5.09. The van der Waals surface area contributed by atoms with Crippen LogP contribution < -0.4 is 0 Å². The first-order chi connectivity index (χ1) is 9.56. The third-order valence-electron chi connectivity index (χ3n) is 4.67. The summed E-state index contributed by atoms with van der Waals surface area (Å²) in [6.07, 6.45) is 6.88. The molecule has 0 aliphatic heterocycles. The molecule has 2 rings (SSSR count). The summed E-state index contributed by atoms with van der Waals surface area (Å²) in [5.41, 5.74) is 1.29. The van der Waals surface area contributed by atoms with Crippen LogP contribution in [0, 0.1) is 17.8 Å². The Morgan fingerprint density at radius 3 is 2.65 bits per heavy atom. The number of aliphatic hydroxyl groups is 1. The van der Waals surface area contributed by atoms with E-state index in [1.165, 1.54) is 18.4 Å². The number of nitrogens with zero attached hydrogens (tertiary/aromatic N) is 2. The molecule has 3 heteroatoms. The molecule has 0 spiro atoms. The third kappa shape index (κ3) is 4.29. The van der Waals surface area contributed by atoms with E-state index in [0.29, 0.717) is 5.92 Å². The molecule has 1 saturated carbocycles. The van der Waals surface area contributed by atoms with Crippen LogP contribution in [0.5, 0.6) is 0 Å². The summed E-state index contributed by atoms with van der Waals surface area (Å²) in [7, 11) is 2.14. The summed E-state index contributed by atoms with van der Waals surface area (Å²) in [5, 5.41) is 10.2. The molecule has 0 saturated heterocycles. The van der Waals surface area contributed by atoms with Crippen LogP contribution in [0.3, 0.4) is 0 Å². The first kappa shape index (κ1) is 15.5. The molecule has 0 amide bonds. The molecule has 1 fully saturated rings. The zero-order valence-electron chi connectivity index (χ0n) is 13.0. The van der Waals surface area contributed by atoms with Gasteiger partial charge >= 0.3 is 0 Å². The summed E-state index contributed by atoms with van der Waals surface area (Å²) in [6, 6.07) is 4.12. The summed E-state index contributed by atoms with van der Waals surface area (Å²) in [6.45, 7) is 6.52. The van der Waals surface area contributed by atoms with Gasteiger partial charge in [-0.15, -0.1) is 0 Å². The second kappa shape index (κ2) is 7.19. The Morgan fingerprint density at radius 2 is 2.00 bits per heavy atom. The first-order valence-corrected chi connectivity index (χ1v) is 7.81. The van der Waals surface area contributed by atoms with E-state index in [1.807, 2.05) is 12.4 Å². The Hall–Kier alpha value is -0.930. The number of pyridine rings is 1. The first-order valence-electron chi connectivity index (χ1n) is 7.81. The van der Waals surface area contributed by atoms with Gasteiger partial charge in [0.05, 0.1) is 6.10 Å². The predicted molar refractivity (Wildman–Crippen MR) is 82.2 cm³/mol. The van der Waals surface area contributed by atoms with Gasteiger partial charge in [0.2, 0.25) is 0 Å². The quantitative estimate of drug-likeness (QED) is 0.898. The van der Waals surface area contributed by atoms with Crippen LogP contribution in [-0.4, -0.2) is 34.7 Å². The van der Waals surface area contributed by atoms with Crippen LogP contribution in [0.2, 0.25) is 0 Å². The molecule has 1 heterocycles. The van der Waals surface area contributed by atoms with Crippen LogP contribution in [0.25, 0.3) is 0 Å². The molecule has 1 aromatic heterocycles. The van der Waals surface area contributed by atoms with Gasteiger partial charge in [-0.2, -0.15) is 0 Å². The summed E-state index contributed by atoms with van der Waals surface area (Å²) < 4.78 is 0. The van der Waals surface area contributed by atoms with Crippen molar-refractivity contribution in [3.63, 3.8) is 0 Å². The van der Waals surface area contributed by atoms with Crippen molar-refractivity contribution in [3.8, 4) is 0 Å². The predicted octanol–water partition coefficient (Wildman–Crippen LogP) is 2.95. The zero-order chi connectivity index (χ0) is 14.5. The second-order valence-corrected chi connectivity index (χ2v) is 6.70. The minimum atomic E-state index is -0.120. The van der Waals surface area contributed by atoms with Gasteiger partial charge in [-0.05, 0) is 61.8 Å². The van der Waals surface area contributed by atoms with Gasteiger partial charge in [-0.3, -0.25) is 4.98 Å². The second-order valence-electron chi connectivity index (χ2n) is 6.70. The molecule has 1 aliphatic rings. The van der Waals surface area contributed by atoms with Crippen LogP contribution in [0.15, 0.2) is 24.5 Å². The van der Waals surface area contributed by atoms with Gasteiger partial charge in [0.1, 0.15) is 0 Å². The number of hydrogen-bond acceptors (Lipinski definition) is 3. The summed E-state index contributed by atoms with van der Waals surface area (Å²) >= 11 is 0. The molecular weight excluding hydrogens is 248 g/mol. The Labute approximate surface area is 123 Å². The van der Waals surface area contributed by atoms with E-state index in [2.05, 4.69) is 42.9 Å². The van der Waals surface area contributed by atoms with E-state index in [4.69, 9.17) is 0 Å². The number of aliphatic hydroxyl groups excluding tert-OH is 1. The van der Waals surface area contributed by atoms with E-state index in [1.54, 1.807) is 0 Å². The lowest BCUT2D eigenvalue weighted by Gasteiger charge is -2.37. The van der Waals surface area contributed by atoms with Gasteiger partial charge in [0.25, 0.3) is 0 Å². The van der Waals surface area contributed by atoms with Crippen molar-refractivity contribution in [2.45, 2.75) is 45.8 Å². The van der Waals surface area contributed by atoms with Crippen molar-refractivity contribution in [3.05, 3.63) is 30.1 Å². The van der Waals surface area contributed by atoms with Gasteiger partial charge in [-0.1, -0.05) is 13.8 Å². The molecule has 1 N–H and O–H groups in total. The molecule has 0 bridgehead atoms. The SMILES string of the molecule is CC(C)C1CCC(O)C(CN(C)Cc2ccncc2)C1. The normalized spacial score (nSPS) is 27.2. The number of rotatable bonds is 5. The van der Waals surface area contributed by atoms with Crippen LogP contribution in [0.4, 0.5) is 0 Å². The van der Waals surface area contributed by atoms with Crippen molar-refractivity contribution in [1.29, 1.82) is 0 Å². The molecule has 0 radical (unpaired) electrons. The zero-order valence-corrected chi connectivity index (χ0v) is 13.0. The highest BCUT2D eigenvalue weighted by atomic mass is 16.3. The van der Waals surface area contributed by atoms with Gasteiger partial charge in [0.15, 0.2) is 0 Å². The van der Waals surface area contributed by atoms with Crippen LogP contribution >= 0.6 is 0 Å². The Kier molecular flexibility index (Phi) is 5.55. The number of aromatic nitrogens is 1. The molecule has 3 nitrogen and oxygen atoms in total. The van der Waals surface area contributed by atoms with E-state index in [-0.39, 0.29) is 6.10 Å². The average Bonchev–Trinajstić information content (AvgIpc) is 2.42. The monoisotopic (exact) mass is 276 g/mol. The molecule has 1 aliphatic carbocycles. The molecule has 1 aromatic rings. The maximum absolute atomic E-state index is 10.2. The lowest BCUT2D eigenvalue weighted by Crippen LogP contribution is -2.38. The molecule has 3 atom stereocenters. The van der Waals surface area contributed by atoms with Crippen LogP contribution in [-0.2, 0) is 6.54 Å². The van der Waals surface area contributed by atoms with E-state index in [0.717, 1.165) is 31.3 Å². The Bertz CT molecular complexity index is 393. The van der Waals surface area contributed by atoms with Crippen molar-refractivity contribution < 1.29 is 5.11 Å². The van der Waals surface area contributed by atoms with Gasteiger partial charge in [-0.25, -0.2) is 0 Å². The van der Waals surface area contributed by atoms with Crippen molar-refractivity contribution in [1.82, 2.24) is 9.88 Å². The highest BCUT2D eigenvalue weighted by Crippen LogP contribution is 2.34. The fourth-order valence-electron chi connectivity index (χ4n) is 3.35. The maximum Gasteiger partial charge on any atom is 0.0580 e. The summed E-state index contributed by atoms with van der Waals surface area (Å²) in [4.78, 5) is 6.38. The lowest BCUT2D eigenvalue weighted by atomic mass is 9.74. The Balaban J connectivity index is 1.87. The number of hydrogen-bond donors (Lipinski definition) is 1.